The summed E-state index contributed by atoms with van der Waals surface area (Å²) in [5, 5.41) is 30.5. The lowest BCUT2D eigenvalue weighted by atomic mass is 9.32. The zero-order valence-electron chi connectivity index (χ0n) is 17.8. The summed E-state index contributed by atoms with van der Waals surface area (Å²) in [7, 11) is 0. The Hall–Kier alpha value is -3.52. The summed E-state index contributed by atoms with van der Waals surface area (Å²) in [6.45, 7) is -0.612. The normalized spacial score (nSPS) is 24.9. The van der Waals surface area contributed by atoms with Crippen molar-refractivity contribution in [3.8, 4) is 11.8 Å². The van der Waals surface area contributed by atoms with Crippen molar-refractivity contribution in [2.45, 2.75) is 37.3 Å². The standard InChI is InChI=1S/C23H19F4N5O2/c24-16-3-6-18(19(25)7-16)22(33,12-32-14-29-30-31-32)23(26,27)21-9-20(10-21,11-21)13-34-17-4-1-15(8-28)2-5-17/h1-7,14,33H,9-13H2. The number of hydrogen-bond donors (Lipinski definition) is 1. The molecule has 7 nitrogen and oxygen atoms in total. The SMILES string of the molecule is N#Cc1ccc(OCC23CC(C(F)(F)C(O)(Cn4cnnn4)c4ccc(F)cc4F)(C2)C3)cc1. The maximum atomic E-state index is 16.1. The highest BCUT2D eigenvalue weighted by Crippen LogP contribution is 2.80. The zero-order chi connectivity index (χ0) is 24.2. The van der Waals surface area contributed by atoms with Gasteiger partial charge in [-0.25, -0.2) is 22.2 Å². The third-order valence-electron chi connectivity index (χ3n) is 7.01. The molecule has 1 atom stereocenters. The maximum absolute atomic E-state index is 16.1. The highest BCUT2D eigenvalue weighted by molar-refractivity contribution is 5.36. The molecule has 2 bridgehead atoms. The van der Waals surface area contributed by atoms with E-state index in [4.69, 9.17) is 10.00 Å². The molecule has 3 saturated carbocycles. The van der Waals surface area contributed by atoms with E-state index in [0.29, 0.717) is 17.4 Å². The minimum atomic E-state index is -3.78. The second-order valence-electron chi connectivity index (χ2n) is 9.30. The van der Waals surface area contributed by atoms with Crippen LogP contribution in [-0.4, -0.2) is 37.8 Å². The van der Waals surface area contributed by atoms with Gasteiger partial charge in [0.05, 0.1) is 24.8 Å². The molecular formula is C23H19F4N5O2. The van der Waals surface area contributed by atoms with Crippen LogP contribution in [0.5, 0.6) is 5.75 Å². The smallest absolute Gasteiger partial charge is 0.287 e. The van der Waals surface area contributed by atoms with Gasteiger partial charge in [0.15, 0.2) is 5.60 Å². The number of aromatic nitrogens is 4. The summed E-state index contributed by atoms with van der Waals surface area (Å²) in [5.74, 6) is -5.48. The van der Waals surface area contributed by atoms with Crippen LogP contribution < -0.4 is 4.74 Å². The van der Waals surface area contributed by atoms with Gasteiger partial charge in [0.25, 0.3) is 5.92 Å². The molecule has 0 saturated heterocycles. The third-order valence-corrected chi connectivity index (χ3v) is 7.01. The fraction of sp³-hybridized carbons (Fsp3) is 0.391. The molecule has 6 rings (SSSR count). The highest BCUT2D eigenvalue weighted by Gasteiger charge is 2.82. The molecule has 1 unspecified atom stereocenters. The molecule has 0 amide bonds. The van der Waals surface area contributed by atoms with Crippen molar-refractivity contribution >= 4 is 0 Å². The monoisotopic (exact) mass is 473 g/mol. The van der Waals surface area contributed by atoms with E-state index in [0.717, 1.165) is 23.1 Å². The first-order valence-corrected chi connectivity index (χ1v) is 10.5. The lowest BCUT2D eigenvalue weighted by Gasteiger charge is -2.73. The molecule has 34 heavy (non-hydrogen) atoms. The minimum Gasteiger partial charge on any atom is -0.493 e. The molecule has 2 aromatic carbocycles. The van der Waals surface area contributed by atoms with E-state index in [1.807, 2.05) is 6.07 Å². The van der Waals surface area contributed by atoms with Gasteiger partial charge in [-0.15, -0.1) is 5.10 Å². The van der Waals surface area contributed by atoms with E-state index in [-0.39, 0.29) is 25.9 Å². The Morgan fingerprint density at radius 2 is 1.82 bits per heavy atom. The van der Waals surface area contributed by atoms with Crippen molar-refractivity contribution in [1.29, 1.82) is 5.26 Å². The molecule has 3 aliphatic rings. The van der Waals surface area contributed by atoms with Crippen LogP contribution in [0.4, 0.5) is 17.6 Å². The van der Waals surface area contributed by atoms with Gasteiger partial charge in [0, 0.05) is 22.5 Å². The van der Waals surface area contributed by atoms with Gasteiger partial charge < -0.3 is 9.84 Å². The van der Waals surface area contributed by atoms with E-state index in [9.17, 15) is 13.9 Å². The second-order valence-corrected chi connectivity index (χ2v) is 9.30. The Morgan fingerprint density at radius 3 is 2.41 bits per heavy atom. The van der Waals surface area contributed by atoms with E-state index in [1.165, 1.54) is 0 Å². The first kappa shape index (κ1) is 22.3. The van der Waals surface area contributed by atoms with Crippen molar-refractivity contribution in [2.75, 3.05) is 6.61 Å². The van der Waals surface area contributed by atoms with E-state index >= 15 is 8.78 Å². The molecule has 3 aromatic rings. The number of halogens is 4. The molecule has 0 radical (unpaired) electrons. The molecule has 176 valence electrons. The number of rotatable bonds is 8. The molecular weight excluding hydrogens is 454 g/mol. The highest BCUT2D eigenvalue weighted by atomic mass is 19.3. The van der Waals surface area contributed by atoms with Gasteiger partial charge in [-0.2, -0.15) is 5.26 Å². The quantitative estimate of drug-likeness (QED) is 0.503. The minimum absolute atomic E-state index is 0.0734. The Bertz CT molecular complexity index is 1240. The van der Waals surface area contributed by atoms with Crippen molar-refractivity contribution < 1.29 is 27.4 Å². The first-order chi connectivity index (χ1) is 16.1. The number of ether oxygens (including phenoxy) is 1. The Balaban J connectivity index is 1.37. The second kappa shape index (κ2) is 7.50. The van der Waals surface area contributed by atoms with Gasteiger partial charge in [0.2, 0.25) is 0 Å². The Kier molecular flexibility index (Phi) is 4.91. The van der Waals surface area contributed by atoms with Crippen LogP contribution in [0.15, 0.2) is 48.8 Å². The first-order valence-electron chi connectivity index (χ1n) is 10.5. The zero-order valence-corrected chi connectivity index (χ0v) is 17.8. The number of nitriles is 1. The van der Waals surface area contributed by atoms with Crippen LogP contribution in [0.1, 0.15) is 30.4 Å². The van der Waals surface area contributed by atoms with Gasteiger partial charge in [-0.1, -0.05) is 0 Å². The van der Waals surface area contributed by atoms with Crippen LogP contribution in [0.25, 0.3) is 0 Å². The van der Waals surface area contributed by atoms with Crippen LogP contribution in [-0.2, 0) is 12.1 Å². The number of benzene rings is 2. The van der Waals surface area contributed by atoms with Crippen LogP contribution in [0.2, 0.25) is 0 Å². The number of hydrogen-bond acceptors (Lipinski definition) is 6. The van der Waals surface area contributed by atoms with Gasteiger partial charge >= 0.3 is 0 Å². The summed E-state index contributed by atoms with van der Waals surface area (Å²) >= 11 is 0. The van der Waals surface area contributed by atoms with Gasteiger partial charge in [-0.3, -0.25) is 0 Å². The topological polar surface area (TPSA) is 96.8 Å². The molecule has 1 N–H and O–H groups in total. The summed E-state index contributed by atoms with van der Waals surface area (Å²) in [6, 6.07) is 10.6. The Morgan fingerprint density at radius 1 is 1.12 bits per heavy atom. The van der Waals surface area contributed by atoms with Gasteiger partial charge in [0.1, 0.15) is 23.7 Å². The van der Waals surface area contributed by atoms with Gasteiger partial charge in [-0.05, 0) is 66.1 Å². The number of nitrogens with zero attached hydrogens (tertiary/aromatic N) is 5. The summed E-state index contributed by atoms with van der Waals surface area (Å²) < 4.78 is 66.8. The lowest BCUT2D eigenvalue weighted by molar-refractivity contribution is -0.373. The largest absolute Gasteiger partial charge is 0.493 e. The predicted octanol–water partition coefficient (Wildman–Crippen LogP) is 3.60. The molecule has 3 aliphatic carbocycles. The summed E-state index contributed by atoms with van der Waals surface area (Å²) in [6.07, 6.45) is 1.26. The fourth-order valence-corrected chi connectivity index (χ4v) is 5.45. The van der Waals surface area contributed by atoms with Crippen molar-refractivity contribution in [2.24, 2.45) is 10.8 Å². The summed E-state index contributed by atoms with van der Waals surface area (Å²) in [5.41, 5.74) is -5.30. The van der Waals surface area contributed by atoms with Crippen molar-refractivity contribution in [3.05, 3.63) is 71.6 Å². The Labute approximate surface area is 191 Å². The average molecular weight is 473 g/mol. The number of tetrazole rings is 1. The number of alkyl halides is 2. The molecule has 3 fully saturated rings. The third kappa shape index (κ3) is 3.24. The molecule has 1 aromatic heterocycles. The molecule has 0 spiro atoms. The lowest BCUT2D eigenvalue weighted by Crippen LogP contribution is -2.75. The molecule has 1 heterocycles. The van der Waals surface area contributed by atoms with Crippen molar-refractivity contribution in [1.82, 2.24) is 20.2 Å². The van der Waals surface area contributed by atoms with E-state index < -0.39 is 46.1 Å². The van der Waals surface area contributed by atoms with E-state index in [1.54, 1.807) is 24.3 Å². The van der Waals surface area contributed by atoms with Crippen LogP contribution in [0.3, 0.4) is 0 Å². The molecule has 11 heteroatoms. The average Bonchev–Trinajstić information content (AvgIpc) is 3.24. The fourth-order valence-electron chi connectivity index (χ4n) is 5.45. The predicted molar refractivity (Wildman–Crippen MR) is 108 cm³/mol. The van der Waals surface area contributed by atoms with Crippen molar-refractivity contribution in [3.63, 3.8) is 0 Å². The summed E-state index contributed by atoms with van der Waals surface area (Å²) in [4.78, 5) is 0. The number of aliphatic hydroxyl groups is 1. The van der Waals surface area contributed by atoms with Crippen LogP contribution in [0, 0.1) is 33.8 Å². The molecule has 0 aliphatic heterocycles. The maximum Gasteiger partial charge on any atom is 0.287 e. The van der Waals surface area contributed by atoms with Crippen LogP contribution >= 0.6 is 0 Å². The van der Waals surface area contributed by atoms with E-state index in [2.05, 4.69) is 15.5 Å².